The number of piperidine rings is 1. The molecule has 0 aromatic carbocycles. The lowest BCUT2D eigenvalue weighted by Gasteiger charge is -2.32. The molecule has 1 aromatic heterocycles. The van der Waals surface area contributed by atoms with Crippen molar-refractivity contribution in [2.75, 3.05) is 13.7 Å². The Morgan fingerprint density at radius 1 is 1.55 bits per heavy atom. The lowest BCUT2D eigenvalue weighted by Crippen LogP contribution is -2.48. The van der Waals surface area contributed by atoms with Crippen LogP contribution in [0.1, 0.15) is 30.7 Å². The zero-order chi connectivity index (χ0) is 14.8. The van der Waals surface area contributed by atoms with E-state index in [1.165, 1.54) is 11.4 Å². The lowest BCUT2D eigenvalue weighted by molar-refractivity contribution is -0.146. The SMILES string of the molecule is COC(=O)C1CCCCN1S(=O)(=O)Cc1cc(C)on1. The molecule has 0 saturated carbocycles. The Hall–Kier alpha value is -1.41. The van der Waals surface area contributed by atoms with Crippen molar-refractivity contribution in [3.63, 3.8) is 0 Å². The van der Waals surface area contributed by atoms with Gasteiger partial charge in [0.2, 0.25) is 10.0 Å². The minimum Gasteiger partial charge on any atom is -0.468 e. The van der Waals surface area contributed by atoms with E-state index in [1.807, 2.05) is 0 Å². The summed E-state index contributed by atoms with van der Waals surface area (Å²) in [4.78, 5) is 11.7. The fourth-order valence-corrected chi connectivity index (χ4v) is 4.03. The molecule has 0 radical (unpaired) electrons. The van der Waals surface area contributed by atoms with E-state index in [2.05, 4.69) is 5.16 Å². The summed E-state index contributed by atoms with van der Waals surface area (Å²) < 4.78 is 35.7. The molecule has 8 heteroatoms. The zero-order valence-electron chi connectivity index (χ0n) is 11.5. The second-order valence-corrected chi connectivity index (χ2v) is 6.75. The Balaban J connectivity index is 2.19. The number of esters is 1. The Kier molecular flexibility index (Phi) is 4.44. The molecule has 1 aromatic rings. The second kappa shape index (κ2) is 5.92. The van der Waals surface area contributed by atoms with Gasteiger partial charge in [-0.15, -0.1) is 0 Å². The molecule has 1 unspecified atom stereocenters. The standard InChI is InChI=1S/C12H18N2O5S/c1-9-7-10(13-19-9)8-20(16,17)14-6-4-3-5-11(14)12(15)18-2/h7,11H,3-6,8H2,1-2H3. The largest absolute Gasteiger partial charge is 0.468 e. The molecular weight excluding hydrogens is 284 g/mol. The highest BCUT2D eigenvalue weighted by atomic mass is 32.2. The van der Waals surface area contributed by atoms with Gasteiger partial charge in [-0.1, -0.05) is 5.16 Å². The molecule has 1 saturated heterocycles. The van der Waals surface area contributed by atoms with Gasteiger partial charge in [-0.25, -0.2) is 8.42 Å². The van der Waals surface area contributed by atoms with Crippen molar-refractivity contribution in [1.29, 1.82) is 0 Å². The molecule has 1 aliphatic heterocycles. The van der Waals surface area contributed by atoms with E-state index in [1.54, 1.807) is 13.0 Å². The summed E-state index contributed by atoms with van der Waals surface area (Å²) >= 11 is 0. The van der Waals surface area contributed by atoms with E-state index in [0.717, 1.165) is 12.8 Å². The number of aromatic nitrogens is 1. The first kappa shape index (κ1) is 15.0. The van der Waals surface area contributed by atoms with Crippen LogP contribution in [0.4, 0.5) is 0 Å². The molecule has 0 bridgehead atoms. The maximum absolute atomic E-state index is 12.4. The molecular formula is C12H18N2O5S. The van der Waals surface area contributed by atoms with Crippen LogP contribution < -0.4 is 0 Å². The topological polar surface area (TPSA) is 89.7 Å². The first-order chi connectivity index (χ1) is 9.44. The maximum atomic E-state index is 12.4. The molecule has 0 N–H and O–H groups in total. The number of carbonyl (C=O) groups excluding carboxylic acids is 1. The minimum absolute atomic E-state index is 0.266. The summed E-state index contributed by atoms with van der Waals surface area (Å²) in [6, 6.07) is 0.848. The third-order valence-corrected chi connectivity index (χ3v) is 5.10. The van der Waals surface area contributed by atoms with Gasteiger partial charge in [0.05, 0.1) is 7.11 Å². The van der Waals surface area contributed by atoms with Crippen molar-refractivity contribution in [2.24, 2.45) is 0 Å². The highest BCUT2D eigenvalue weighted by Crippen LogP contribution is 2.23. The molecule has 1 aliphatic rings. The summed E-state index contributed by atoms with van der Waals surface area (Å²) in [5.41, 5.74) is 0.344. The average Bonchev–Trinajstić information content (AvgIpc) is 2.82. The van der Waals surface area contributed by atoms with Crippen LogP contribution in [0.5, 0.6) is 0 Å². The fourth-order valence-electron chi connectivity index (χ4n) is 2.37. The second-order valence-electron chi connectivity index (χ2n) is 4.83. The van der Waals surface area contributed by atoms with Crippen molar-refractivity contribution < 1.29 is 22.5 Å². The normalized spacial score (nSPS) is 20.8. The first-order valence-electron chi connectivity index (χ1n) is 6.43. The Labute approximate surface area is 117 Å². The van der Waals surface area contributed by atoms with E-state index >= 15 is 0 Å². The van der Waals surface area contributed by atoms with Gasteiger partial charge in [0.1, 0.15) is 23.2 Å². The fraction of sp³-hybridized carbons (Fsp3) is 0.667. The predicted octanol–water partition coefficient (Wildman–Crippen LogP) is 0.840. The summed E-state index contributed by atoms with van der Waals surface area (Å²) in [5.74, 6) is -0.222. The van der Waals surface area contributed by atoms with Crippen LogP contribution in [0.2, 0.25) is 0 Å². The van der Waals surface area contributed by atoms with E-state index in [9.17, 15) is 13.2 Å². The molecule has 2 heterocycles. The van der Waals surface area contributed by atoms with Crippen molar-refractivity contribution >= 4 is 16.0 Å². The Morgan fingerprint density at radius 2 is 2.30 bits per heavy atom. The maximum Gasteiger partial charge on any atom is 0.324 e. The number of hydrogen-bond donors (Lipinski definition) is 0. The van der Waals surface area contributed by atoms with Crippen LogP contribution in [-0.2, 0) is 25.3 Å². The predicted molar refractivity (Wildman–Crippen MR) is 70.2 cm³/mol. The lowest BCUT2D eigenvalue weighted by atomic mass is 10.1. The minimum atomic E-state index is -3.62. The van der Waals surface area contributed by atoms with E-state index in [0.29, 0.717) is 24.4 Å². The van der Waals surface area contributed by atoms with Gasteiger partial charge in [-0.2, -0.15) is 4.31 Å². The summed E-state index contributed by atoms with van der Waals surface area (Å²) in [5, 5.41) is 3.69. The van der Waals surface area contributed by atoms with Crippen LogP contribution >= 0.6 is 0 Å². The quantitative estimate of drug-likeness (QED) is 0.766. The number of ether oxygens (including phenoxy) is 1. The van der Waals surface area contributed by atoms with Crippen LogP contribution in [0, 0.1) is 6.92 Å². The number of hydrogen-bond acceptors (Lipinski definition) is 6. The summed E-state index contributed by atoms with van der Waals surface area (Å²) in [6.45, 7) is 2.03. The molecule has 0 amide bonds. The van der Waals surface area contributed by atoms with Crippen molar-refractivity contribution in [1.82, 2.24) is 9.46 Å². The van der Waals surface area contributed by atoms with Crippen molar-refractivity contribution in [2.45, 2.75) is 38.0 Å². The van der Waals surface area contributed by atoms with Crippen molar-refractivity contribution in [3.8, 4) is 0 Å². The van der Waals surface area contributed by atoms with Gasteiger partial charge in [0.25, 0.3) is 0 Å². The number of sulfonamides is 1. The van der Waals surface area contributed by atoms with Gasteiger partial charge >= 0.3 is 5.97 Å². The first-order valence-corrected chi connectivity index (χ1v) is 8.04. The molecule has 20 heavy (non-hydrogen) atoms. The molecule has 1 atom stereocenters. The third kappa shape index (κ3) is 3.18. The zero-order valence-corrected chi connectivity index (χ0v) is 12.4. The highest BCUT2D eigenvalue weighted by molar-refractivity contribution is 7.88. The highest BCUT2D eigenvalue weighted by Gasteiger charge is 2.37. The van der Waals surface area contributed by atoms with Crippen LogP contribution in [0.15, 0.2) is 10.6 Å². The van der Waals surface area contributed by atoms with Gasteiger partial charge in [-0.3, -0.25) is 4.79 Å². The molecule has 1 fully saturated rings. The van der Waals surface area contributed by atoms with Gasteiger partial charge < -0.3 is 9.26 Å². The smallest absolute Gasteiger partial charge is 0.324 e. The number of carbonyl (C=O) groups is 1. The Bertz CT molecular complexity index is 580. The molecule has 0 spiro atoms. The van der Waals surface area contributed by atoms with Gasteiger partial charge in [-0.05, 0) is 26.2 Å². The van der Waals surface area contributed by atoms with E-state index < -0.39 is 22.0 Å². The molecule has 112 valence electrons. The summed E-state index contributed by atoms with van der Waals surface area (Å²) in [7, 11) is -2.35. The van der Waals surface area contributed by atoms with E-state index in [-0.39, 0.29) is 5.75 Å². The van der Waals surface area contributed by atoms with Crippen molar-refractivity contribution in [3.05, 3.63) is 17.5 Å². The molecule has 2 rings (SSSR count). The number of methoxy groups -OCH3 is 1. The molecule has 7 nitrogen and oxygen atoms in total. The Morgan fingerprint density at radius 3 is 2.90 bits per heavy atom. The monoisotopic (exact) mass is 302 g/mol. The summed E-state index contributed by atoms with van der Waals surface area (Å²) in [6.07, 6.45) is 2.04. The molecule has 0 aliphatic carbocycles. The number of nitrogens with zero attached hydrogens (tertiary/aromatic N) is 2. The average molecular weight is 302 g/mol. The van der Waals surface area contributed by atoms with Gasteiger partial charge in [0.15, 0.2) is 0 Å². The number of aryl methyl sites for hydroxylation is 1. The van der Waals surface area contributed by atoms with Crippen LogP contribution in [0.3, 0.4) is 0 Å². The van der Waals surface area contributed by atoms with Crippen LogP contribution in [-0.4, -0.2) is 43.5 Å². The van der Waals surface area contributed by atoms with Gasteiger partial charge in [0, 0.05) is 12.6 Å². The number of rotatable bonds is 4. The van der Waals surface area contributed by atoms with E-state index in [4.69, 9.17) is 9.26 Å². The van der Waals surface area contributed by atoms with Crippen LogP contribution in [0.25, 0.3) is 0 Å². The third-order valence-electron chi connectivity index (χ3n) is 3.29.